The molecule has 0 unspecified atom stereocenters. The van der Waals surface area contributed by atoms with Crippen molar-refractivity contribution in [1.82, 2.24) is 0 Å². The molecule has 2 rings (SSSR count). The summed E-state index contributed by atoms with van der Waals surface area (Å²) in [5.41, 5.74) is 7.49. The Bertz CT molecular complexity index is 639. The summed E-state index contributed by atoms with van der Waals surface area (Å²) in [6.45, 7) is 0.250. The Labute approximate surface area is 129 Å². The number of methoxy groups -OCH3 is 1. The zero-order valence-corrected chi connectivity index (χ0v) is 12.4. The number of ether oxygens (including phenoxy) is 1. The van der Waals surface area contributed by atoms with E-state index >= 15 is 0 Å². The molecule has 22 heavy (non-hydrogen) atoms. The second-order valence-electron chi connectivity index (χ2n) is 4.74. The van der Waals surface area contributed by atoms with Crippen LogP contribution in [-0.4, -0.2) is 25.5 Å². The first-order valence-corrected chi connectivity index (χ1v) is 6.91. The molecule has 0 aliphatic heterocycles. The highest BCUT2D eigenvalue weighted by atomic mass is 16.5. The van der Waals surface area contributed by atoms with Crippen LogP contribution in [0.5, 0.6) is 0 Å². The number of nitrogen functional groups attached to an aromatic ring is 1. The Morgan fingerprint density at radius 1 is 1.05 bits per heavy atom. The summed E-state index contributed by atoms with van der Waals surface area (Å²) in [5, 5.41) is 0. The fourth-order valence-electron chi connectivity index (χ4n) is 2.04. The van der Waals surface area contributed by atoms with Gasteiger partial charge in [-0.1, -0.05) is 18.2 Å². The fourth-order valence-corrected chi connectivity index (χ4v) is 2.04. The number of anilines is 2. The van der Waals surface area contributed by atoms with Crippen LogP contribution >= 0.6 is 0 Å². The van der Waals surface area contributed by atoms with Gasteiger partial charge < -0.3 is 15.4 Å². The number of benzene rings is 2. The second kappa shape index (κ2) is 7.26. The maximum atomic E-state index is 12.7. The lowest BCUT2D eigenvalue weighted by molar-refractivity contribution is -0.140. The van der Waals surface area contributed by atoms with Crippen LogP contribution < -0.4 is 10.6 Å². The highest BCUT2D eigenvalue weighted by Crippen LogP contribution is 2.18. The minimum atomic E-state index is -0.356. The molecule has 0 aliphatic carbocycles. The molecule has 5 nitrogen and oxygen atoms in total. The number of esters is 1. The predicted molar refractivity (Wildman–Crippen MR) is 85.6 cm³/mol. The number of carbonyl (C=O) groups is 2. The topological polar surface area (TPSA) is 72.6 Å². The lowest BCUT2D eigenvalue weighted by Crippen LogP contribution is -2.33. The van der Waals surface area contributed by atoms with Crippen LogP contribution in [0.15, 0.2) is 54.6 Å². The molecule has 0 aromatic heterocycles. The van der Waals surface area contributed by atoms with Gasteiger partial charge in [0.15, 0.2) is 0 Å². The van der Waals surface area contributed by atoms with Crippen LogP contribution in [0.2, 0.25) is 0 Å². The molecule has 0 atom stereocenters. The maximum absolute atomic E-state index is 12.7. The Hall–Kier alpha value is -2.82. The van der Waals surface area contributed by atoms with E-state index in [0.29, 0.717) is 11.3 Å². The van der Waals surface area contributed by atoms with E-state index in [9.17, 15) is 9.59 Å². The van der Waals surface area contributed by atoms with Gasteiger partial charge in [0, 0.05) is 23.5 Å². The Kier molecular flexibility index (Phi) is 5.14. The van der Waals surface area contributed by atoms with Crippen LogP contribution in [0.1, 0.15) is 16.8 Å². The standard InChI is InChI=1S/C17H18N2O3/c1-22-16(20)11-12-19(15-5-3-2-4-6-15)17(21)13-7-9-14(18)10-8-13/h2-10H,11-12,18H2,1H3. The molecule has 0 radical (unpaired) electrons. The van der Waals surface area contributed by atoms with Crippen LogP contribution in [0.3, 0.4) is 0 Å². The first-order valence-electron chi connectivity index (χ1n) is 6.91. The second-order valence-corrected chi connectivity index (χ2v) is 4.74. The summed E-state index contributed by atoms with van der Waals surface area (Å²) in [4.78, 5) is 25.6. The largest absolute Gasteiger partial charge is 0.469 e. The molecule has 0 fully saturated rings. The number of nitrogens with zero attached hydrogens (tertiary/aromatic N) is 1. The van der Waals surface area contributed by atoms with Crippen molar-refractivity contribution in [2.45, 2.75) is 6.42 Å². The molecular formula is C17H18N2O3. The van der Waals surface area contributed by atoms with Gasteiger partial charge in [0.25, 0.3) is 5.91 Å². The molecule has 5 heteroatoms. The van der Waals surface area contributed by atoms with Crippen molar-refractivity contribution in [3.8, 4) is 0 Å². The summed E-state index contributed by atoms with van der Waals surface area (Å²) >= 11 is 0. The maximum Gasteiger partial charge on any atom is 0.307 e. The van der Waals surface area contributed by atoms with Gasteiger partial charge in [-0.05, 0) is 36.4 Å². The fraction of sp³-hybridized carbons (Fsp3) is 0.176. The summed E-state index contributed by atoms with van der Waals surface area (Å²) in [6.07, 6.45) is 0.131. The van der Waals surface area contributed by atoms with Crippen LogP contribution in [0, 0.1) is 0 Å². The highest BCUT2D eigenvalue weighted by molar-refractivity contribution is 6.06. The zero-order chi connectivity index (χ0) is 15.9. The molecule has 1 amide bonds. The Morgan fingerprint density at radius 2 is 1.68 bits per heavy atom. The predicted octanol–water partition coefficient (Wildman–Crippen LogP) is 2.48. The number of para-hydroxylation sites is 1. The molecule has 114 valence electrons. The van der Waals surface area contributed by atoms with Gasteiger partial charge in [-0.3, -0.25) is 9.59 Å². The van der Waals surface area contributed by atoms with E-state index in [0.717, 1.165) is 5.69 Å². The normalized spacial score (nSPS) is 10.0. The molecule has 0 saturated heterocycles. The van der Waals surface area contributed by atoms with Gasteiger partial charge >= 0.3 is 5.97 Å². The Balaban J connectivity index is 2.25. The Morgan fingerprint density at radius 3 is 2.27 bits per heavy atom. The SMILES string of the molecule is COC(=O)CCN(C(=O)c1ccc(N)cc1)c1ccccc1. The molecule has 2 N–H and O–H groups in total. The monoisotopic (exact) mass is 298 g/mol. The molecule has 2 aromatic rings. The average molecular weight is 298 g/mol. The first-order chi connectivity index (χ1) is 10.6. The number of carbonyl (C=O) groups excluding carboxylic acids is 2. The van der Waals surface area contributed by atoms with Gasteiger partial charge in [0.05, 0.1) is 13.5 Å². The summed E-state index contributed by atoms with van der Waals surface area (Å²) < 4.78 is 4.64. The van der Waals surface area contributed by atoms with E-state index in [1.54, 1.807) is 29.2 Å². The molecule has 2 aromatic carbocycles. The number of rotatable bonds is 5. The highest BCUT2D eigenvalue weighted by Gasteiger charge is 2.18. The molecule has 0 heterocycles. The molecule has 0 saturated carbocycles. The third kappa shape index (κ3) is 3.85. The number of hydrogen-bond acceptors (Lipinski definition) is 4. The van der Waals surface area contributed by atoms with Crippen molar-refractivity contribution in [3.05, 3.63) is 60.2 Å². The number of hydrogen-bond donors (Lipinski definition) is 1. The first kappa shape index (κ1) is 15.6. The van der Waals surface area contributed by atoms with E-state index < -0.39 is 0 Å². The molecule has 0 aliphatic rings. The number of amides is 1. The summed E-state index contributed by atoms with van der Waals surface area (Å²) in [6, 6.07) is 15.9. The van der Waals surface area contributed by atoms with E-state index in [4.69, 9.17) is 5.73 Å². The van der Waals surface area contributed by atoms with Gasteiger partial charge in [0.2, 0.25) is 0 Å². The van der Waals surface area contributed by atoms with Crippen molar-refractivity contribution in [3.63, 3.8) is 0 Å². The third-order valence-corrected chi connectivity index (χ3v) is 3.24. The van der Waals surface area contributed by atoms with Crippen LogP contribution in [0.25, 0.3) is 0 Å². The van der Waals surface area contributed by atoms with Crippen molar-refractivity contribution < 1.29 is 14.3 Å². The van der Waals surface area contributed by atoms with Gasteiger partial charge in [-0.2, -0.15) is 0 Å². The lowest BCUT2D eigenvalue weighted by atomic mass is 10.1. The minimum absolute atomic E-state index is 0.131. The van der Waals surface area contributed by atoms with E-state index in [1.807, 2.05) is 30.3 Å². The quantitative estimate of drug-likeness (QED) is 0.680. The van der Waals surface area contributed by atoms with Gasteiger partial charge in [-0.25, -0.2) is 0 Å². The van der Waals surface area contributed by atoms with Gasteiger partial charge in [-0.15, -0.1) is 0 Å². The van der Waals surface area contributed by atoms with E-state index in [1.165, 1.54) is 7.11 Å². The summed E-state index contributed by atoms with van der Waals surface area (Å²) in [5.74, 6) is -0.541. The molecular weight excluding hydrogens is 280 g/mol. The molecule has 0 spiro atoms. The lowest BCUT2D eigenvalue weighted by Gasteiger charge is -2.22. The number of nitrogens with two attached hydrogens (primary N) is 1. The van der Waals surface area contributed by atoms with E-state index in [2.05, 4.69) is 4.74 Å². The van der Waals surface area contributed by atoms with Crippen molar-refractivity contribution in [2.24, 2.45) is 0 Å². The smallest absolute Gasteiger partial charge is 0.307 e. The van der Waals surface area contributed by atoms with Crippen molar-refractivity contribution in [2.75, 3.05) is 24.3 Å². The van der Waals surface area contributed by atoms with Crippen LogP contribution in [-0.2, 0) is 9.53 Å². The van der Waals surface area contributed by atoms with Crippen molar-refractivity contribution >= 4 is 23.3 Å². The third-order valence-electron chi connectivity index (χ3n) is 3.24. The van der Waals surface area contributed by atoms with Gasteiger partial charge in [0.1, 0.15) is 0 Å². The van der Waals surface area contributed by atoms with Crippen LogP contribution in [0.4, 0.5) is 11.4 Å². The zero-order valence-electron chi connectivity index (χ0n) is 12.4. The minimum Gasteiger partial charge on any atom is -0.469 e. The molecule has 0 bridgehead atoms. The van der Waals surface area contributed by atoms with Crippen molar-refractivity contribution in [1.29, 1.82) is 0 Å². The average Bonchev–Trinajstić information content (AvgIpc) is 2.56. The summed E-state index contributed by atoms with van der Waals surface area (Å²) in [7, 11) is 1.33. The van der Waals surface area contributed by atoms with E-state index in [-0.39, 0.29) is 24.8 Å².